The highest BCUT2D eigenvalue weighted by Gasteiger charge is 2.17. The van der Waals surface area contributed by atoms with Crippen LogP contribution in [0.4, 0.5) is 0 Å². The second-order valence-corrected chi connectivity index (χ2v) is 5.34. The molecule has 0 atom stereocenters. The van der Waals surface area contributed by atoms with Crippen LogP contribution in [0.2, 0.25) is 0 Å². The maximum atomic E-state index is 11.9. The number of fused-ring (bicyclic) bond motifs is 1. The molecule has 1 aromatic carbocycles. The first-order valence-electron chi connectivity index (χ1n) is 7.82. The van der Waals surface area contributed by atoms with Crippen LogP contribution < -0.4 is 9.47 Å². The van der Waals surface area contributed by atoms with Gasteiger partial charge in [-0.3, -0.25) is 4.79 Å². The standard InChI is InChI=1S/C17H19NO6/c19-16(18-5-7-21-8-6-18)12-24-17(20)4-2-13-1-3-14-15(11-13)23-10-9-22-14/h1-4,11H,5-10,12H2/b4-2+. The van der Waals surface area contributed by atoms with E-state index >= 15 is 0 Å². The average molecular weight is 333 g/mol. The minimum Gasteiger partial charge on any atom is -0.486 e. The Bertz CT molecular complexity index is 636. The Morgan fingerprint density at radius 1 is 1.08 bits per heavy atom. The molecule has 2 aliphatic rings. The van der Waals surface area contributed by atoms with E-state index < -0.39 is 5.97 Å². The van der Waals surface area contributed by atoms with Crippen LogP contribution in [0.25, 0.3) is 6.08 Å². The summed E-state index contributed by atoms with van der Waals surface area (Å²) in [6.45, 7) is 2.88. The fourth-order valence-corrected chi connectivity index (χ4v) is 2.41. The zero-order chi connectivity index (χ0) is 16.8. The van der Waals surface area contributed by atoms with Crippen LogP contribution >= 0.6 is 0 Å². The molecule has 0 aromatic heterocycles. The second-order valence-electron chi connectivity index (χ2n) is 5.34. The molecule has 1 aromatic rings. The molecule has 2 heterocycles. The van der Waals surface area contributed by atoms with E-state index in [-0.39, 0.29) is 12.5 Å². The smallest absolute Gasteiger partial charge is 0.331 e. The Morgan fingerprint density at radius 3 is 2.62 bits per heavy atom. The van der Waals surface area contributed by atoms with Crippen molar-refractivity contribution in [3.63, 3.8) is 0 Å². The number of esters is 1. The third-order valence-electron chi connectivity index (χ3n) is 3.68. The summed E-state index contributed by atoms with van der Waals surface area (Å²) < 4.78 is 21.1. The lowest BCUT2D eigenvalue weighted by molar-refractivity contribution is -0.150. The average Bonchev–Trinajstić information content (AvgIpc) is 2.65. The number of carbonyl (C=O) groups is 2. The van der Waals surface area contributed by atoms with E-state index in [1.807, 2.05) is 6.07 Å². The molecular weight excluding hydrogens is 314 g/mol. The Kier molecular flexibility index (Phi) is 5.32. The third-order valence-corrected chi connectivity index (χ3v) is 3.68. The van der Waals surface area contributed by atoms with Gasteiger partial charge in [0.1, 0.15) is 13.2 Å². The van der Waals surface area contributed by atoms with E-state index in [9.17, 15) is 9.59 Å². The van der Waals surface area contributed by atoms with Gasteiger partial charge in [-0.25, -0.2) is 4.79 Å². The molecule has 0 radical (unpaired) electrons. The lowest BCUT2D eigenvalue weighted by Gasteiger charge is -2.26. The Balaban J connectivity index is 1.49. The predicted molar refractivity (Wildman–Crippen MR) is 84.8 cm³/mol. The molecule has 3 rings (SSSR count). The molecule has 24 heavy (non-hydrogen) atoms. The molecule has 1 saturated heterocycles. The van der Waals surface area contributed by atoms with Crippen molar-refractivity contribution in [3.05, 3.63) is 29.8 Å². The number of morpholine rings is 1. The molecule has 7 nitrogen and oxygen atoms in total. The van der Waals surface area contributed by atoms with Crippen molar-refractivity contribution in [2.75, 3.05) is 46.1 Å². The lowest BCUT2D eigenvalue weighted by atomic mass is 10.2. The first-order valence-corrected chi connectivity index (χ1v) is 7.82. The summed E-state index contributed by atoms with van der Waals surface area (Å²) in [7, 11) is 0. The number of hydrogen-bond donors (Lipinski definition) is 0. The van der Waals surface area contributed by atoms with Gasteiger partial charge in [0.05, 0.1) is 13.2 Å². The molecule has 0 aliphatic carbocycles. The predicted octanol–water partition coefficient (Wildman–Crippen LogP) is 0.873. The fraction of sp³-hybridized carbons (Fsp3) is 0.412. The SMILES string of the molecule is O=C(/C=C/c1ccc2c(c1)OCCO2)OCC(=O)N1CCOCC1. The van der Waals surface area contributed by atoms with Crippen LogP contribution in [0.3, 0.4) is 0 Å². The van der Waals surface area contributed by atoms with Gasteiger partial charge in [0.2, 0.25) is 0 Å². The van der Waals surface area contributed by atoms with Crippen LogP contribution in [0.5, 0.6) is 11.5 Å². The van der Waals surface area contributed by atoms with Gasteiger partial charge in [-0.1, -0.05) is 6.07 Å². The summed E-state index contributed by atoms with van der Waals surface area (Å²) in [6.07, 6.45) is 2.90. The largest absolute Gasteiger partial charge is 0.486 e. The number of amides is 1. The van der Waals surface area contributed by atoms with Gasteiger partial charge in [0.25, 0.3) is 5.91 Å². The molecule has 128 valence electrons. The fourth-order valence-electron chi connectivity index (χ4n) is 2.41. The molecule has 0 bridgehead atoms. The summed E-state index contributed by atoms with van der Waals surface area (Å²) in [5.74, 6) is 0.572. The minimum atomic E-state index is -0.563. The molecule has 0 N–H and O–H groups in total. The highest BCUT2D eigenvalue weighted by atomic mass is 16.6. The number of benzene rings is 1. The summed E-state index contributed by atoms with van der Waals surface area (Å²) in [6, 6.07) is 5.40. The molecule has 2 aliphatic heterocycles. The number of rotatable bonds is 4. The van der Waals surface area contributed by atoms with E-state index in [1.165, 1.54) is 6.08 Å². The maximum absolute atomic E-state index is 11.9. The van der Waals surface area contributed by atoms with Gasteiger partial charge in [0.15, 0.2) is 18.1 Å². The van der Waals surface area contributed by atoms with Crippen LogP contribution in [-0.2, 0) is 19.1 Å². The van der Waals surface area contributed by atoms with Gasteiger partial charge in [-0.05, 0) is 23.8 Å². The summed E-state index contributed by atoms with van der Waals surface area (Å²) >= 11 is 0. The number of hydrogen-bond acceptors (Lipinski definition) is 6. The minimum absolute atomic E-state index is 0.209. The van der Waals surface area contributed by atoms with Crippen molar-refractivity contribution >= 4 is 18.0 Å². The molecular formula is C17H19NO6. The topological polar surface area (TPSA) is 74.3 Å². The Labute approximate surface area is 139 Å². The lowest BCUT2D eigenvalue weighted by Crippen LogP contribution is -2.42. The highest BCUT2D eigenvalue weighted by molar-refractivity contribution is 5.89. The molecule has 1 amide bonds. The first-order chi connectivity index (χ1) is 11.7. The third kappa shape index (κ3) is 4.26. The van der Waals surface area contributed by atoms with E-state index in [0.29, 0.717) is 51.0 Å². The zero-order valence-corrected chi connectivity index (χ0v) is 13.2. The highest BCUT2D eigenvalue weighted by Crippen LogP contribution is 2.31. The molecule has 0 spiro atoms. The normalized spacial score (nSPS) is 16.9. The van der Waals surface area contributed by atoms with Gasteiger partial charge in [0, 0.05) is 19.2 Å². The van der Waals surface area contributed by atoms with Crippen molar-refractivity contribution in [1.29, 1.82) is 0 Å². The molecule has 7 heteroatoms. The van der Waals surface area contributed by atoms with Crippen LogP contribution in [0, 0.1) is 0 Å². The van der Waals surface area contributed by atoms with Crippen molar-refractivity contribution in [2.45, 2.75) is 0 Å². The quantitative estimate of drug-likeness (QED) is 0.601. The Morgan fingerprint density at radius 2 is 1.83 bits per heavy atom. The summed E-state index contributed by atoms with van der Waals surface area (Å²) in [5, 5.41) is 0. The Hall–Kier alpha value is -2.54. The van der Waals surface area contributed by atoms with Crippen molar-refractivity contribution in [1.82, 2.24) is 4.90 Å². The van der Waals surface area contributed by atoms with Gasteiger partial charge in [-0.2, -0.15) is 0 Å². The molecule has 1 fully saturated rings. The van der Waals surface area contributed by atoms with Crippen molar-refractivity contribution in [2.24, 2.45) is 0 Å². The van der Waals surface area contributed by atoms with Crippen LogP contribution in [0.15, 0.2) is 24.3 Å². The van der Waals surface area contributed by atoms with Crippen LogP contribution in [-0.4, -0.2) is 62.9 Å². The van der Waals surface area contributed by atoms with E-state index in [1.54, 1.807) is 23.1 Å². The summed E-state index contributed by atoms with van der Waals surface area (Å²) in [4.78, 5) is 25.2. The van der Waals surface area contributed by atoms with Crippen molar-refractivity contribution < 1.29 is 28.5 Å². The zero-order valence-electron chi connectivity index (χ0n) is 13.2. The van der Waals surface area contributed by atoms with Gasteiger partial charge in [-0.15, -0.1) is 0 Å². The van der Waals surface area contributed by atoms with Crippen LogP contribution in [0.1, 0.15) is 5.56 Å². The number of carbonyl (C=O) groups excluding carboxylic acids is 2. The first kappa shape index (κ1) is 16.3. The van der Waals surface area contributed by atoms with Crippen molar-refractivity contribution in [3.8, 4) is 11.5 Å². The van der Waals surface area contributed by atoms with Gasteiger partial charge >= 0.3 is 5.97 Å². The summed E-state index contributed by atoms with van der Waals surface area (Å²) in [5.41, 5.74) is 0.788. The monoisotopic (exact) mass is 333 g/mol. The number of nitrogens with zero attached hydrogens (tertiary/aromatic N) is 1. The number of ether oxygens (including phenoxy) is 4. The molecule has 0 saturated carbocycles. The second kappa shape index (κ2) is 7.83. The molecule has 0 unspecified atom stereocenters. The van der Waals surface area contributed by atoms with E-state index in [0.717, 1.165) is 5.56 Å². The maximum Gasteiger partial charge on any atom is 0.331 e. The van der Waals surface area contributed by atoms with E-state index in [2.05, 4.69) is 0 Å². The van der Waals surface area contributed by atoms with Gasteiger partial charge < -0.3 is 23.8 Å². The van der Waals surface area contributed by atoms with E-state index in [4.69, 9.17) is 18.9 Å².